The van der Waals surface area contributed by atoms with Crippen molar-refractivity contribution in [1.29, 1.82) is 5.26 Å². The third kappa shape index (κ3) is 2.53. The summed E-state index contributed by atoms with van der Waals surface area (Å²) >= 11 is 0. The van der Waals surface area contributed by atoms with Crippen LogP contribution in [0.25, 0.3) is 0 Å². The standard InChI is InChI=1S/C16H14N2O3/c17-9-11-5-7-12(8-6-11)10-21-18-15(19)13-3-1-2-4-14(13)16(18)20/h1-8,15-16,19-20H,10H2. The summed E-state index contributed by atoms with van der Waals surface area (Å²) in [6.07, 6.45) is -1.98. The smallest absolute Gasteiger partial charge is 0.159 e. The van der Waals surface area contributed by atoms with Crippen LogP contribution in [0.1, 0.15) is 34.7 Å². The van der Waals surface area contributed by atoms with Crippen molar-refractivity contribution >= 4 is 0 Å². The lowest BCUT2D eigenvalue weighted by molar-refractivity contribution is -0.302. The molecule has 2 atom stereocenters. The summed E-state index contributed by atoms with van der Waals surface area (Å²) in [6.45, 7) is 0.202. The molecule has 0 aromatic heterocycles. The molecule has 2 N–H and O–H groups in total. The Hall–Kier alpha value is -2.23. The molecule has 0 saturated carbocycles. The number of nitrogens with zero attached hydrogens (tertiary/aromatic N) is 2. The number of hydrogen-bond donors (Lipinski definition) is 2. The first-order valence-corrected chi connectivity index (χ1v) is 6.56. The Morgan fingerprint density at radius 3 is 2.10 bits per heavy atom. The molecule has 21 heavy (non-hydrogen) atoms. The molecule has 1 aliphatic rings. The molecule has 3 rings (SSSR count). The first kappa shape index (κ1) is 13.7. The van der Waals surface area contributed by atoms with E-state index in [1.807, 2.05) is 6.07 Å². The van der Waals surface area contributed by atoms with Crippen LogP contribution in [-0.2, 0) is 11.4 Å². The van der Waals surface area contributed by atoms with Crippen molar-refractivity contribution < 1.29 is 15.1 Å². The summed E-state index contributed by atoms with van der Waals surface area (Å²) in [5, 5.41) is 30.3. The van der Waals surface area contributed by atoms with E-state index < -0.39 is 12.5 Å². The van der Waals surface area contributed by atoms with E-state index in [4.69, 9.17) is 10.1 Å². The van der Waals surface area contributed by atoms with Gasteiger partial charge in [0.2, 0.25) is 0 Å². The van der Waals surface area contributed by atoms with Crippen LogP contribution < -0.4 is 0 Å². The van der Waals surface area contributed by atoms with Gasteiger partial charge in [-0.05, 0) is 17.7 Å². The molecular weight excluding hydrogens is 268 g/mol. The fourth-order valence-corrected chi connectivity index (χ4v) is 2.35. The van der Waals surface area contributed by atoms with Crippen molar-refractivity contribution in [3.05, 3.63) is 70.8 Å². The van der Waals surface area contributed by atoms with Crippen molar-refractivity contribution in [3.8, 4) is 6.07 Å². The predicted octanol–water partition coefficient (Wildman–Crippen LogP) is 1.99. The highest BCUT2D eigenvalue weighted by Gasteiger charge is 2.37. The Labute approximate surface area is 122 Å². The molecule has 2 aromatic carbocycles. The van der Waals surface area contributed by atoms with Crippen molar-refractivity contribution in [2.24, 2.45) is 0 Å². The Bertz CT molecular complexity index is 650. The monoisotopic (exact) mass is 282 g/mol. The van der Waals surface area contributed by atoms with Gasteiger partial charge in [0.1, 0.15) is 0 Å². The molecule has 0 saturated heterocycles. The highest BCUT2D eigenvalue weighted by atomic mass is 16.7. The molecule has 0 spiro atoms. The number of hydrogen-bond acceptors (Lipinski definition) is 5. The summed E-state index contributed by atoms with van der Waals surface area (Å²) in [5.74, 6) is 0. The van der Waals surface area contributed by atoms with Crippen molar-refractivity contribution in [2.75, 3.05) is 0 Å². The van der Waals surface area contributed by atoms with Gasteiger partial charge < -0.3 is 10.2 Å². The number of aliphatic hydroxyl groups excluding tert-OH is 2. The second-order valence-corrected chi connectivity index (χ2v) is 4.82. The molecular formula is C16H14N2O3. The summed E-state index contributed by atoms with van der Waals surface area (Å²) in [6, 6.07) is 16.1. The lowest BCUT2D eigenvalue weighted by atomic mass is 10.1. The minimum atomic E-state index is -0.991. The number of nitriles is 1. The minimum absolute atomic E-state index is 0.202. The van der Waals surface area contributed by atoms with Crippen LogP contribution >= 0.6 is 0 Å². The second kappa shape index (κ2) is 5.64. The van der Waals surface area contributed by atoms with Gasteiger partial charge in [-0.3, -0.25) is 4.84 Å². The van der Waals surface area contributed by atoms with Crippen molar-refractivity contribution in [3.63, 3.8) is 0 Å². The Morgan fingerprint density at radius 1 is 1.00 bits per heavy atom. The number of fused-ring (bicyclic) bond motifs is 1. The number of benzene rings is 2. The van der Waals surface area contributed by atoms with Gasteiger partial charge in [-0.15, -0.1) is 5.06 Å². The lowest BCUT2D eigenvalue weighted by Crippen LogP contribution is -2.26. The van der Waals surface area contributed by atoms with Crippen LogP contribution in [0.15, 0.2) is 48.5 Å². The molecule has 1 aliphatic heterocycles. The maximum atomic E-state index is 10.2. The zero-order valence-corrected chi connectivity index (χ0v) is 11.2. The van der Waals surface area contributed by atoms with E-state index in [-0.39, 0.29) is 6.61 Å². The predicted molar refractivity (Wildman–Crippen MR) is 74.1 cm³/mol. The van der Waals surface area contributed by atoms with Gasteiger partial charge in [0.05, 0.1) is 18.2 Å². The van der Waals surface area contributed by atoms with Crippen LogP contribution in [0.2, 0.25) is 0 Å². The second-order valence-electron chi connectivity index (χ2n) is 4.82. The molecule has 2 aromatic rings. The largest absolute Gasteiger partial charge is 0.372 e. The third-order valence-electron chi connectivity index (χ3n) is 3.50. The summed E-state index contributed by atoms with van der Waals surface area (Å²) in [4.78, 5) is 5.52. The first-order valence-electron chi connectivity index (χ1n) is 6.56. The third-order valence-corrected chi connectivity index (χ3v) is 3.50. The maximum absolute atomic E-state index is 10.2. The SMILES string of the molecule is N#Cc1ccc(CON2C(O)c3ccccc3C2O)cc1. The van der Waals surface area contributed by atoms with Gasteiger partial charge in [-0.25, -0.2) is 0 Å². The van der Waals surface area contributed by atoms with Crippen LogP contribution in [0, 0.1) is 11.3 Å². The van der Waals surface area contributed by atoms with E-state index in [2.05, 4.69) is 0 Å². The molecule has 1 heterocycles. The van der Waals surface area contributed by atoms with Crippen LogP contribution in [-0.4, -0.2) is 15.3 Å². The van der Waals surface area contributed by atoms with E-state index in [0.717, 1.165) is 5.56 Å². The first-order chi connectivity index (χ1) is 10.2. The molecule has 106 valence electrons. The molecule has 0 fully saturated rings. The summed E-state index contributed by atoms with van der Waals surface area (Å²) in [7, 11) is 0. The van der Waals surface area contributed by atoms with Gasteiger partial charge >= 0.3 is 0 Å². The quantitative estimate of drug-likeness (QED) is 0.900. The van der Waals surface area contributed by atoms with Crippen LogP contribution in [0.4, 0.5) is 0 Å². The molecule has 0 bridgehead atoms. The molecule has 5 nitrogen and oxygen atoms in total. The lowest BCUT2D eigenvalue weighted by Gasteiger charge is -2.23. The topological polar surface area (TPSA) is 76.7 Å². The fraction of sp³-hybridized carbons (Fsp3) is 0.188. The Balaban J connectivity index is 1.70. The van der Waals surface area contributed by atoms with Crippen LogP contribution in [0.5, 0.6) is 0 Å². The van der Waals surface area contributed by atoms with Crippen LogP contribution in [0.3, 0.4) is 0 Å². The van der Waals surface area contributed by atoms with Crippen molar-refractivity contribution in [1.82, 2.24) is 5.06 Å². The maximum Gasteiger partial charge on any atom is 0.159 e. The highest BCUT2D eigenvalue weighted by Crippen LogP contribution is 2.39. The average molecular weight is 282 g/mol. The number of aliphatic hydroxyl groups is 2. The summed E-state index contributed by atoms with van der Waals surface area (Å²) in [5.41, 5.74) is 2.71. The molecule has 0 aliphatic carbocycles. The van der Waals surface area contributed by atoms with Gasteiger partial charge in [0.25, 0.3) is 0 Å². The Morgan fingerprint density at radius 2 is 1.57 bits per heavy atom. The van der Waals surface area contributed by atoms with Gasteiger partial charge in [0, 0.05) is 11.1 Å². The van der Waals surface area contributed by atoms with E-state index in [0.29, 0.717) is 16.7 Å². The van der Waals surface area contributed by atoms with Gasteiger partial charge in [0.15, 0.2) is 12.5 Å². The van der Waals surface area contributed by atoms with E-state index in [1.54, 1.807) is 48.5 Å². The number of rotatable bonds is 3. The minimum Gasteiger partial charge on any atom is -0.372 e. The van der Waals surface area contributed by atoms with Gasteiger partial charge in [-0.1, -0.05) is 36.4 Å². The normalized spacial score (nSPS) is 21.0. The van der Waals surface area contributed by atoms with E-state index in [9.17, 15) is 10.2 Å². The highest BCUT2D eigenvalue weighted by molar-refractivity contribution is 5.34. The molecule has 0 amide bonds. The number of hydroxylamine groups is 2. The zero-order chi connectivity index (χ0) is 14.8. The van der Waals surface area contributed by atoms with E-state index >= 15 is 0 Å². The van der Waals surface area contributed by atoms with Crippen molar-refractivity contribution in [2.45, 2.75) is 19.1 Å². The molecule has 0 radical (unpaired) electrons. The molecule has 5 heteroatoms. The fourth-order valence-electron chi connectivity index (χ4n) is 2.35. The molecule has 2 unspecified atom stereocenters. The summed E-state index contributed by atoms with van der Waals surface area (Å²) < 4.78 is 0. The van der Waals surface area contributed by atoms with Gasteiger partial charge in [-0.2, -0.15) is 5.26 Å². The average Bonchev–Trinajstić information content (AvgIpc) is 2.78. The van der Waals surface area contributed by atoms with E-state index in [1.165, 1.54) is 5.06 Å². The Kier molecular flexibility index (Phi) is 3.69. The zero-order valence-electron chi connectivity index (χ0n) is 11.2.